The van der Waals surface area contributed by atoms with Gasteiger partial charge in [-0.3, -0.25) is 4.79 Å². The lowest BCUT2D eigenvalue weighted by Crippen LogP contribution is -2.51. The first-order valence-electron chi connectivity index (χ1n) is 4.40. The van der Waals surface area contributed by atoms with E-state index in [9.17, 15) is 9.18 Å². The quantitative estimate of drug-likeness (QED) is 0.742. The van der Waals surface area contributed by atoms with Crippen molar-refractivity contribution in [1.82, 2.24) is 5.32 Å². The lowest BCUT2D eigenvalue weighted by atomic mass is 10.1. The monoisotopic (exact) mass is 229 g/mol. The highest BCUT2D eigenvalue weighted by atomic mass is 35.5. The summed E-state index contributed by atoms with van der Waals surface area (Å²) in [6.45, 7) is 3.35. The molecule has 80 valence electrons. The summed E-state index contributed by atoms with van der Waals surface area (Å²) in [7, 11) is 0. The molecule has 15 heavy (non-hydrogen) atoms. The molecule has 0 unspecified atom stereocenters. The van der Waals surface area contributed by atoms with E-state index < -0.39 is 17.4 Å². The van der Waals surface area contributed by atoms with Crippen LogP contribution < -0.4 is 10.1 Å². The van der Waals surface area contributed by atoms with E-state index in [1.165, 1.54) is 6.07 Å². The Morgan fingerprint density at radius 3 is 2.80 bits per heavy atom. The van der Waals surface area contributed by atoms with Gasteiger partial charge < -0.3 is 10.1 Å². The average molecular weight is 230 g/mol. The number of nitrogens with one attached hydrogen (secondary N) is 1. The van der Waals surface area contributed by atoms with Crippen molar-refractivity contribution in [2.75, 3.05) is 0 Å². The SMILES string of the molecule is CC1(C)NC(=O)c2c(F)cc(Cl)cc2O1. The van der Waals surface area contributed by atoms with Crippen LogP contribution in [0.25, 0.3) is 0 Å². The van der Waals surface area contributed by atoms with Crippen LogP contribution in [-0.2, 0) is 0 Å². The lowest BCUT2D eigenvalue weighted by Gasteiger charge is -2.33. The van der Waals surface area contributed by atoms with E-state index in [2.05, 4.69) is 5.32 Å². The van der Waals surface area contributed by atoms with Crippen molar-refractivity contribution in [3.05, 3.63) is 28.5 Å². The van der Waals surface area contributed by atoms with E-state index in [0.29, 0.717) is 0 Å². The number of amides is 1. The Hall–Kier alpha value is -1.29. The van der Waals surface area contributed by atoms with E-state index in [0.717, 1.165) is 6.07 Å². The summed E-state index contributed by atoms with van der Waals surface area (Å²) >= 11 is 5.67. The molecule has 0 fully saturated rings. The van der Waals surface area contributed by atoms with Gasteiger partial charge in [0.25, 0.3) is 5.91 Å². The summed E-state index contributed by atoms with van der Waals surface area (Å²) < 4.78 is 18.8. The number of ether oxygens (including phenoxy) is 1. The Balaban J connectivity index is 2.60. The summed E-state index contributed by atoms with van der Waals surface area (Å²) in [5.41, 5.74) is -0.944. The topological polar surface area (TPSA) is 38.3 Å². The number of carbonyl (C=O) groups is 1. The number of benzene rings is 1. The van der Waals surface area contributed by atoms with Gasteiger partial charge in [0.15, 0.2) is 5.72 Å². The Kier molecular flexibility index (Phi) is 2.12. The van der Waals surface area contributed by atoms with Gasteiger partial charge >= 0.3 is 0 Å². The van der Waals surface area contributed by atoms with Crippen molar-refractivity contribution in [1.29, 1.82) is 0 Å². The van der Waals surface area contributed by atoms with Crippen LogP contribution in [0.5, 0.6) is 5.75 Å². The molecule has 1 aliphatic rings. The minimum absolute atomic E-state index is 0.0984. The number of rotatable bonds is 0. The molecule has 0 saturated heterocycles. The molecule has 0 aromatic heterocycles. The molecule has 1 aliphatic heterocycles. The van der Waals surface area contributed by atoms with Gasteiger partial charge in [-0.2, -0.15) is 0 Å². The molecule has 1 aromatic rings. The molecule has 1 amide bonds. The van der Waals surface area contributed by atoms with Gasteiger partial charge in [0.2, 0.25) is 0 Å². The van der Waals surface area contributed by atoms with Gasteiger partial charge in [-0.15, -0.1) is 0 Å². The highest BCUT2D eigenvalue weighted by Crippen LogP contribution is 2.32. The van der Waals surface area contributed by atoms with Crippen molar-refractivity contribution >= 4 is 17.5 Å². The highest BCUT2D eigenvalue weighted by Gasteiger charge is 2.33. The van der Waals surface area contributed by atoms with Crippen molar-refractivity contribution in [2.45, 2.75) is 19.6 Å². The molecule has 5 heteroatoms. The third-order valence-electron chi connectivity index (χ3n) is 2.03. The van der Waals surface area contributed by atoms with Crippen molar-refractivity contribution in [3.63, 3.8) is 0 Å². The van der Waals surface area contributed by atoms with Gasteiger partial charge in [0.05, 0.1) is 0 Å². The molecule has 0 atom stereocenters. The van der Waals surface area contributed by atoms with E-state index in [1.807, 2.05) is 0 Å². The minimum Gasteiger partial charge on any atom is -0.468 e. The molecule has 2 rings (SSSR count). The van der Waals surface area contributed by atoms with E-state index in [4.69, 9.17) is 16.3 Å². The van der Waals surface area contributed by atoms with Crippen molar-refractivity contribution in [3.8, 4) is 5.75 Å². The predicted octanol–water partition coefficient (Wildman–Crippen LogP) is 2.34. The predicted molar refractivity (Wildman–Crippen MR) is 53.6 cm³/mol. The van der Waals surface area contributed by atoms with E-state index >= 15 is 0 Å². The zero-order chi connectivity index (χ0) is 11.2. The molecule has 0 radical (unpaired) electrons. The van der Waals surface area contributed by atoms with E-state index in [-0.39, 0.29) is 16.3 Å². The lowest BCUT2D eigenvalue weighted by molar-refractivity contribution is 0.0424. The van der Waals surface area contributed by atoms with Crippen molar-refractivity contribution < 1.29 is 13.9 Å². The number of hydrogen-bond acceptors (Lipinski definition) is 2. The van der Waals surface area contributed by atoms with E-state index in [1.54, 1.807) is 13.8 Å². The largest absolute Gasteiger partial charge is 0.468 e. The molecular formula is C10H9ClFNO2. The second kappa shape index (κ2) is 3.10. The molecule has 0 aliphatic carbocycles. The van der Waals surface area contributed by atoms with Crippen LogP contribution in [0.3, 0.4) is 0 Å². The normalized spacial score (nSPS) is 17.7. The first kappa shape index (κ1) is 10.2. The Labute approximate surface area is 91.2 Å². The molecule has 0 bridgehead atoms. The van der Waals surface area contributed by atoms with Crippen LogP contribution in [0.1, 0.15) is 24.2 Å². The fourth-order valence-electron chi connectivity index (χ4n) is 1.49. The number of fused-ring (bicyclic) bond motifs is 1. The standard InChI is InChI=1S/C10H9ClFNO2/c1-10(2)13-9(14)8-6(12)3-5(11)4-7(8)15-10/h3-4H,1-2H3,(H,13,14). The maximum absolute atomic E-state index is 13.4. The Bertz CT molecular complexity index is 445. The number of hydrogen-bond donors (Lipinski definition) is 1. The van der Waals surface area contributed by atoms with Crippen LogP contribution in [0.15, 0.2) is 12.1 Å². The Morgan fingerprint density at radius 2 is 2.13 bits per heavy atom. The molecule has 1 N–H and O–H groups in total. The maximum atomic E-state index is 13.4. The molecule has 3 nitrogen and oxygen atoms in total. The molecule has 1 heterocycles. The molecule has 0 spiro atoms. The fourth-order valence-corrected chi connectivity index (χ4v) is 1.68. The van der Waals surface area contributed by atoms with Crippen LogP contribution in [0, 0.1) is 5.82 Å². The summed E-state index contributed by atoms with van der Waals surface area (Å²) in [5.74, 6) is -0.991. The average Bonchev–Trinajstić information content (AvgIpc) is 1.97. The third-order valence-corrected chi connectivity index (χ3v) is 2.24. The Morgan fingerprint density at radius 1 is 1.47 bits per heavy atom. The smallest absolute Gasteiger partial charge is 0.261 e. The highest BCUT2D eigenvalue weighted by molar-refractivity contribution is 6.30. The van der Waals surface area contributed by atoms with Gasteiger partial charge in [-0.25, -0.2) is 4.39 Å². The summed E-state index contributed by atoms with van der Waals surface area (Å²) in [4.78, 5) is 11.6. The van der Waals surface area contributed by atoms with Crippen molar-refractivity contribution in [2.24, 2.45) is 0 Å². The zero-order valence-electron chi connectivity index (χ0n) is 8.23. The van der Waals surface area contributed by atoms with Gasteiger partial charge in [-0.1, -0.05) is 11.6 Å². The second-order valence-corrected chi connectivity index (χ2v) is 4.26. The number of halogens is 2. The summed E-state index contributed by atoms with van der Waals surface area (Å²) in [6, 6.07) is 2.52. The second-order valence-electron chi connectivity index (χ2n) is 3.83. The van der Waals surface area contributed by atoms with Gasteiger partial charge in [0, 0.05) is 5.02 Å². The molecule has 0 saturated carbocycles. The first-order chi connectivity index (χ1) is 6.89. The third kappa shape index (κ3) is 1.77. The fraction of sp³-hybridized carbons (Fsp3) is 0.300. The minimum atomic E-state index is -0.846. The van der Waals surface area contributed by atoms with Crippen LogP contribution in [0.2, 0.25) is 5.02 Å². The molecular weight excluding hydrogens is 221 g/mol. The zero-order valence-corrected chi connectivity index (χ0v) is 8.98. The van der Waals surface area contributed by atoms with Crippen LogP contribution in [0.4, 0.5) is 4.39 Å². The van der Waals surface area contributed by atoms with Gasteiger partial charge in [0.1, 0.15) is 17.1 Å². The van der Waals surface area contributed by atoms with Gasteiger partial charge in [-0.05, 0) is 26.0 Å². The molecule has 1 aromatic carbocycles. The first-order valence-corrected chi connectivity index (χ1v) is 4.77. The van der Waals surface area contributed by atoms with Crippen LogP contribution in [-0.4, -0.2) is 11.6 Å². The summed E-state index contributed by atoms with van der Waals surface area (Å²) in [5, 5.41) is 2.73. The summed E-state index contributed by atoms with van der Waals surface area (Å²) in [6.07, 6.45) is 0. The van der Waals surface area contributed by atoms with Crippen LogP contribution >= 0.6 is 11.6 Å². The number of carbonyl (C=O) groups excluding carboxylic acids is 1. The maximum Gasteiger partial charge on any atom is 0.261 e.